The van der Waals surface area contributed by atoms with Gasteiger partial charge in [0.25, 0.3) is 0 Å². The van der Waals surface area contributed by atoms with Gasteiger partial charge in [0.05, 0.1) is 18.0 Å². The molecule has 1 aliphatic heterocycles. The number of rotatable bonds is 5. The monoisotopic (exact) mass is 364 g/mol. The molecule has 0 radical (unpaired) electrons. The number of hydrazine groups is 2. The van der Waals surface area contributed by atoms with E-state index < -0.39 is 0 Å². The van der Waals surface area contributed by atoms with Crippen LogP contribution in [0.2, 0.25) is 0 Å². The molecule has 4 rings (SSSR count). The van der Waals surface area contributed by atoms with Crippen molar-refractivity contribution in [1.29, 1.82) is 0 Å². The van der Waals surface area contributed by atoms with Gasteiger partial charge in [0.2, 0.25) is 0 Å². The minimum Gasteiger partial charge on any atom is -0.371 e. The topological polar surface area (TPSA) is 61.7 Å². The number of ether oxygens (including phenoxy) is 1. The number of aliphatic hydroxyl groups is 1. The van der Waals surface area contributed by atoms with Crippen LogP contribution < -0.4 is 16.0 Å². The molecule has 1 aliphatic rings. The van der Waals surface area contributed by atoms with Gasteiger partial charge in [0, 0.05) is 29.7 Å². The van der Waals surface area contributed by atoms with Gasteiger partial charge in [-0.05, 0) is 61.4 Å². The van der Waals surface area contributed by atoms with Gasteiger partial charge in [-0.15, -0.1) is 5.53 Å². The molecular formula is C21H24N4O2. The molecular weight excluding hydrogens is 340 g/mol. The standard InChI is InChI=1S/C21H24N4O2/c1-14-4-5-15(2)25(14)19-8-6-16(7-9-19)17-10-18(12-27-13-26)21-20(11-17)22-23-24(21)3/h4-11,22-23,26H,12-13H2,1-3H3. The highest BCUT2D eigenvalue weighted by molar-refractivity contribution is 5.83. The van der Waals surface area contributed by atoms with Crippen LogP contribution in [-0.2, 0) is 11.3 Å². The molecule has 0 saturated carbocycles. The first-order valence-electron chi connectivity index (χ1n) is 8.95. The maximum atomic E-state index is 9.02. The van der Waals surface area contributed by atoms with E-state index in [0.29, 0.717) is 6.61 Å². The van der Waals surface area contributed by atoms with Gasteiger partial charge in [-0.3, -0.25) is 5.01 Å². The van der Waals surface area contributed by atoms with Crippen LogP contribution in [0.15, 0.2) is 48.5 Å². The average Bonchev–Trinajstić information content (AvgIpc) is 3.22. The molecule has 0 unspecified atom stereocenters. The third kappa shape index (κ3) is 3.19. The summed E-state index contributed by atoms with van der Waals surface area (Å²) in [6.45, 7) is 4.28. The summed E-state index contributed by atoms with van der Waals surface area (Å²) >= 11 is 0. The van der Waals surface area contributed by atoms with Crippen molar-refractivity contribution in [3.05, 3.63) is 65.5 Å². The van der Waals surface area contributed by atoms with Crippen LogP contribution in [0.25, 0.3) is 16.8 Å². The molecule has 0 saturated heterocycles. The van der Waals surface area contributed by atoms with Gasteiger partial charge in [-0.1, -0.05) is 12.1 Å². The first-order chi connectivity index (χ1) is 13.1. The molecule has 3 N–H and O–H groups in total. The molecule has 0 spiro atoms. The second-order valence-corrected chi connectivity index (χ2v) is 6.80. The Hall–Kier alpha value is -2.80. The second-order valence-electron chi connectivity index (χ2n) is 6.80. The maximum absolute atomic E-state index is 9.02. The quantitative estimate of drug-likeness (QED) is 0.605. The Balaban J connectivity index is 1.71. The molecule has 3 aromatic rings. The number of anilines is 2. The normalized spacial score (nSPS) is 13.0. The lowest BCUT2D eigenvalue weighted by Crippen LogP contribution is -2.32. The van der Waals surface area contributed by atoms with Crippen LogP contribution in [0.4, 0.5) is 11.4 Å². The SMILES string of the molecule is Cc1ccc(C)n1-c1ccc(-c2cc(COCO)c3c(c2)NNN3C)cc1. The Bertz CT molecular complexity index is 944. The Labute approximate surface area is 158 Å². The highest BCUT2D eigenvalue weighted by Crippen LogP contribution is 2.37. The lowest BCUT2D eigenvalue weighted by atomic mass is 10.00. The Morgan fingerprint density at radius 1 is 0.963 bits per heavy atom. The van der Waals surface area contributed by atoms with Crippen LogP contribution in [0, 0.1) is 13.8 Å². The van der Waals surface area contributed by atoms with Gasteiger partial charge in [0.15, 0.2) is 0 Å². The van der Waals surface area contributed by atoms with E-state index in [9.17, 15) is 0 Å². The first kappa shape index (κ1) is 17.6. The fourth-order valence-electron chi connectivity index (χ4n) is 3.70. The van der Waals surface area contributed by atoms with Crippen molar-refractivity contribution in [3.8, 4) is 16.8 Å². The third-order valence-corrected chi connectivity index (χ3v) is 4.96. The molecule has 0 atom stereocenters. The summed E-state index contributed by atoms with van der Waals surface area (Å²) in [5, 5.41) is 10.9. The zero-order chi connectivity index (χ0) is 19.0. The van der Waals surface area contributed by atoms with Crippen molar-refractivity contribution in [1.82, 2.24) is 10.1 Å². The predicted octanol–water partition coefficient (Wildman–Crippen LogP) is 3.51. The van der Waals surface area contributed by atoms with Gasteiger partial charge < -0.3 is 19.8 Å². The summed E-state index contributed by atoms with van der Waals surface area (Å²) in [6.07, 6.45) is 0. The van der Waals surface area contributed by atoms with Crippen molar-refractivity contribution in [2.24, 2.45) is 0 Å². The van der Waals surface area contributed by atoms with E-state index in [1.165, 1.54) is 11.4 Å². The van der Waals surface area contributed by atoms with E-state index in [1.807, 2.05) is 12.1 Å². The molecule has 0 fully saturated rings. The van der Waals surface area contributed by atoms with Crippen LogP contribution in [0.3, 0.4) is 0 Å². The van der Waals surface area contributed by atoms with E-state index >= 15 is 0 Å². The van der Waals surface area contributed by atoms with Gasteiger partial charge in [-0.2, -0.15) is 0 Å². The molecule has 2 heterocycles. The van der Waals surface area contributed by atoms with Crippen LogP contribution >= 0.6 is 0 Å². The summed E-state index contributed by atoms with van der Waals surface area (Å²) in [4.78, 5) is 0. The minimum absolute atomic E-state index is 0.298. The maximum Gasteiger partial charge on any atom is 0.144 e. The summed E-state index contributed by atoms with van der Waals surface area (Å²) in [5.41, 5.74) is 15.1. The van der Waals surface area contributed by atoms with E-state index in [0.717, 1.165) is 33.8 Å². The van der Waals surface area contributed by atoms with E-state index in [-0.39, 0.29) is 6.79 Å². The fraction of sp³-hybridized carbons (Fsp3) is 0.238. The Kier molecular flexibility index (Phi) is 4.61. The number of nitrogens with one attached hydrogen (secondary N) is 2. The van der Waals surface area contributed by atoms with Crippen molar-refractivity contribution in [3.63, 3.8) is 0 Å². The smallest absolute Gasteiger partial charge is 0.144 e. The second kappa shape index (κ2) is 7.08. The lowest BCUT2D eigenvalue weighted by molar-refractivity contribution is -0.0110. The third-order valence-electron chi connectivity index (χ3n) is 4.96. The summed E-state index contributed by atoms with van der Waals surface area (Å²) in [5.74, 6) is 0. The molecule has 27 heavy (non-hydrogen) atoms. The summed E-state index contributed by atoms with van der Waals surface area (Å²) in [6, 6.07) is 17.1. The minimum atomic E-state index is -0.298. The number of hydrogen-bond donors (Lipinski definition) is 3. The van der Waals surface area contributed by atoms with Crippen LogP contribution in [0.1, 0.15) is 17.0 Å². The lowest BCUT2D eigenvalue weighted by Gasteiger charge is -2.16. The van der Waals surface area contributed by atoms with Crippen molar-refractivity contribution in [2.75, 3.05) is 24.3 Å². The fourth-order valence-corrected chi connectivity index (χ4v) is 3.70. The molecule has 0 amide bonds. The number of aliphatic hydroxyl groups excluding tert-OH is 1. The Morgan fingerprint density at radius 2 is 1.67 bits per heavy atom. The Morgan fingerprint density at radius 3 is 2.33 bits per heavy atom. The number of aryl methyl sites for hydroxylation is 2. The van der Waals surface area contributed by atoms with Crippen molar-refractivity contribution >= 4 is 11.4 Å². The van der Waals surface area contributed by atoms with Crippen molar-refractivity contribution in [2.45, 2.75) is 20.5 Å². The largest absolute Gasteiger partial charge is 0.371 e. The van der Waals surface area contributed by atoms with E-state index in [2.05, 4.69) is 77.9 Å². The number of fused-ring (bicyclic) bond motifs is 1. The molecule has 2 aromatic carbocycles. The highest BCUT2D eigenvalue weighted by atomic mass is 16.6. The molecule has 6 nitrogen and oxygen atoms in total. The molecule has 140 valence electrons. The van der Waals surface area contributed by atoms with Gasteiger partial charge in [-0.25, -0.2) is 0 Å². The highest BCUT2D eigenvalue weighted by Gasteiger charge is 2.20. The predicted molar refractivity (Wildman–Crippen MR) is 108 cm³/mol. The summed E-state index contributed by atoms with van der Waals surface area (Å²) in [7, 11) is 1.94. The molecule has 6 heteroatoms. The summed E-state index contributed by atoms with van der Waals surface area (Å²) < 4.78 is 7.49. The zero-order valence-electron chi connectivity index (χ0n) is 15.8. The van der Waals surface area contributed by atoms with Crippen LogP contribution in [-0.4, -0.2) is 23.5 Å². The van der Waals surface area contributed by atoms with Crippen molar-refractivity contribution < 1.29 is 9.84 Å². The number of benzene rings is 2. The molecule has 0 bridgehead atoms. The molecule has 0 aliphatic carbocycles. The zero-order valence-corrected chi connectivity index (χ0v) is 15.8. The van der Waals surface area contributed by atoms with Crippen LogP contribution in [0.5, 0.6) is 0 Å². The number of nitrogens with zero attached hydrogens (tertiary/aromatic N) is 2. The van der Waals surface area contributed by atoms with E-state index in [1.54, 1.807) is 0 Å². The number of hydrogen-bond acceptors (Lipinski definition) is 5. The average molecular weight is 364 g/mol. The molecule has 1 aromatic heterocycles. The first-order valence-corrected chi connectivity index (χ1v) is 8.95. The van der Waals surface area contributed by atoms with E-state index in [4.69, 9.17) is 9.84 Å². The van der Waals surface area contributed by atoms with Gasteiger partial charge >= 0.3 is 0 Å². The van der Waals surface area contributed by atoms with Gasteiger partial charge in [0.1, 0.15) is 6.79 Å². The number of aromatic nitrogens is 1.